The van der Waals surface area contributed by atoms with Crippen molar-refractivity contribution in [3.05, 3.63) is 0 Å². The number of piperidine rings is 1. The number of carbonyl (C=O) groups excluding carboxylic acids is 3. The fourth-order valence-corrected chi connectivity index (χ4v) is 1.74. The molecule has 1 aliphatic heterocycles. The summed E-state index contributed by atoms with van der Waals surface area (Å²) < 4.78 is 0. The van der Waals surface area contributed by atoms with Gasteiger partial charge in [-0.3, -0.25) is 14.9 Å². The van der Waals surface area contributed by atoms with Gasteiger partial charge in [-0.15, -0.1) is 0 Å². The SMILES string of the molecule is CCCC(NC(=O)NC1CCC(=O)NC1=O)C(=O)O. The van der Waals surface area contributed by atoms with Crippen molar-refractivity contribution in [2.75, 3.05) is 0 Å². The third-order valence-electron chi connectivity index (χ3n) is 2.73. The van der Waals surface area contributed by atoms with Crippen molar-refractivity contribution < 1.29 is 24.3 Å². The minimum Gasteiger partial charge on any atom is -0.480 e. The molecule has 2 unspecified atom stereocenters. The van der Waals surface area contributed by atoms with E-state index in [0.717, 1.165) is 0 Å². The van der Waals surface area contributed by atoms with Gasteiger partial charge in [0.05, 0.1) is 0 Å². The Hall–Kier alpha value is -2.12. The summed E-state index contributed by atoms with van der Waals surface area (Å²) in [6, 6.07) is -2.53. The summed E-state index contributed by atoms with van der Waals surface area (Å²) in [5, 5.41) is 15.6. The predicted octanol–water partition coefficient (Wildman–Crippen LogP) is -0.656. The topological polar surface area (TPSA) is 125 Å². The Morgan fingerprint density at radius 3 is 2.68 bits per heavy atom. The van der Waals surface area contributed by atoms with E-state index in [1.165, 1.54) is 0 Å². The van der Waals surface area contributed by atoms with Gasteiger partial charge in [-0.1, -0.05) is 13.3 Å². The molecule has 106 valence electrons. The molecule has 1 saturated heterocycles. The van der Waals surface area contributed by atoms with Crippen LogP contribution in [0.2, 0.25) is 0 Å². The summed E-state index contributed by atoms with van der Waals surface area (Å²) in [4.78, 5) is 44.7. The number of nitrogens with one attached hydrogen (secondary N) is 3. The molecule has 0 saturated carbocycles. The summed E-state index contributed by atoms with van der Waals surface area (Å²) >= 11 is 0. The molecule has 1 fully saturated rings. The van der Waals surface area contributed by atoms with Gasteiger partial charge in [-0.2, -0.15) is 0 Å². The van der Waals surface area contributed by atoms with Gasteiger partial charge in [0.1, 0.15) is 12.1 Å². The van der Waals surface area contributed by atoms with E-state index in [1.54, 1.807) is 6.92 Å². The smallest absolute Gasteiger partial charge is 0.326 e. The van der Waals surface area contributed by atoms with Crippen molar-refractivity contribution in [1.82, 2.24) is 16.0 Å². The third-order valence-corrected chi connectivity index (χ3v) is 2.73. The zero-order chi connectivity index (χ0) is 14.4. The highest BCUT2D eigenvalue weighted by atomic mass is 16.4. The summed E-state index contributed by atoms with van der Waals surface area (Å²) in [7, 11) is 0. The maximum atomic E-state index is 11.6. The van der Waals surface area contributed by atoms with Crippen LogP contribution in [-0.2, 0) is 14.4 Å². The number of imide groups is 1. The lowest BCUT2D eigenvalue weighted by Crippen LogP contribution is -2.56. The number of aliphatic carboxylic acids is 1. The van der Waals surface area contributed by atoms with Crippen LogP contribution < -0.4 is 16.0 Å². The minimum absolute atomic E-state index is 0.147. The molecular formula is C11H17N3O5. The molecule has 0 aromatic carbocycles. The number of carboxylic acid groups (broad SMARTS) is 1. The van der Waals surface area contributed by atoms with E-state index in [4.69, 9.17) is 5.11 Å². The quantitative estimate of drug-likeness (QED) is 0.494. The Balaban J connectivity index is 2.48. The van der Waals surface area contributed by atoms with Gasteiger partial charge < -0.3 is 15.7 Å². The summed E-state index contributed by atoms with van der Waals surface area (Å²) in [5.74, 6) is -2.08. The fourth-order valence-electron chi connectivity index (χ4n) is 1.74. The van der Waals surface area contributed by atoms with E-state index in [-0.39, 0.29) is 18.7 Å². The number of carboxylic acids is 1. The first-order valence-corrected chi connectivity index (χ1v) is 6.07. The second-order valence-electron chi connectivity index (χ2n) is 4.30. The van der Waals surface area contributed by atoms with Crippen molar-refractivity contribution in [2.45, 2.75) is 44.7 Å². The molecule has 0 bridgehead atoms. The zero-order valence-corrected chi connectivity index (χ0v) is 10.6. The van der Waals surface area contributed by atoms with Crippen LogP contribution in [0.3, 0.4) is 0 Å². The zero-order valence-electron chi connectivity index (χ0n) is 10.6. The third kappa shape index (κ3) is 4.57. The molecule has 0 spiro atoms. The van der Waals surface area contributed by atoms with E-state index in [1.807, 2.05) is 0 Å². The van der Waals surface area contributed by atoms with E-state index in [2.05, 4.69) is 16.0 Å². The molecule has 0 aromatic heterocycles. The molecular weight excluding hydrogens is 254 g/mol. The molecule has 2 atom stereocenters. The van der Waals surface area contributed by atoms with Gasteiger partial charge in [0, 0.05) is 6.42 Å². The number of carbonyl (C=O) groups is 4. The highest BCUT2D eigenvalue weighted by molar-refractivity contribution is 6.01. The Kier molecular flexibility index (Phi) is 5.28. The second-order valence-corrected chi connectivity index (χ2v) is 4.30. The molecule has 0 aliphatic carbocycles. The van der Waals surface area contributed by atoms with Crippen LogP contribution in [0, 0.1) is 0 Å². The minimum atomic E-state index is -1.12. The van der Waals surface area contributed by atoms with Gasteiger partial charge in [-0.25, -0.2) is 9.59 Å². The van der Waals surface area contributed by atoms with Gasteiger partial charge in [-0.05, 0) is 12.8 Å². The van der Waals surface area contributed by atoms with Gasteiger partial charge in [0.25, 0.3) is 0 Å². The number of hydrogen-bond donors (Lipinski definition) is 4. The Morgan fingerprint density at radius 2 is 2.16 bits per heavy atom. The summed E-state index contributed by atoms with van der Waals surface area (Å²) in [6.07, 6.45) is 1.27. The lowest BCUT2D eigenvalue weighted by atomic mass is 10.1. The van der Waals surface area contributed by atoms with E-state index in [0.29, 0.717) is 12.8 Å². The molecule has 8 heteroatoms. The maximum absolute atomic E-state index is 11.6. The molecule has 4 amide bonds. The average Bonchev–Trinajstić information content (AvgIpc) is 2.32. The second kappa shape index (κ2) is 6.72. The average molecular weight is 271 g/mol. The number of urea groups is 1. The molecule has 1 aliphatic rings. The van der Waals surface area contributed by atoms with Crippen LogP contribution in [0.25, 0.3) is 0 Å². The van der Waals surface area contributed by atoms with Crippen molar-refractivity contribution in [1.29, 1.82) is 0 Å². The number of amides is 4. The summed E-state index contributed by atoms with van der Waals surface area (Å²) in [6.45, 7) is 1.80. The molecule has 8 nitrogen and oxygen atoms in total. The first kappa shape index (κ1) is 14.9. The lowest BCUT2D eigenvalue weighted by Gasteiger charge is -2.23. The highest BCUT2D eigenvalue weighted by Gasteiger charge is 2.28. The molecule has 0 aromatic rings. The number of hydrogen-bond acceptors (Lipinski definition) is 4. The van der Waals surface area contributed by atoms with E-state index < -0.39 is 30.0 Å². The molecule has 1 heterocycles. The normalized spacial score (nSPS) is 20.4. The first-order valence-electron chi connectivity index (χ1n) is 6.07. The van der Waals surface area contributed by atoms with Crippen LogP contribution in [0.15, 0.2) is 0 Å². The van der Waals surface area contributed by atoms with Crippen LogP contribution in [0.5, 0.6) is 0 Å². The van der Waals surface area contributed by atoms with Crippen LogP contribution in [0.1, 0.15) is 32.6 Å². The number of rotatable bonds is 5. The maximum Gasteiger partial charge on any atom is 0.326 e. The van der Waals surface area contributed by atoms with E-state index in [9.17, 15) is 19.2 Å². The Labute approximate surface area is 109 Å². The van der Waals surface area contributed by atoms with E-state index >= 15 is 0 Å². The highest BCUT2D eigenvalue weighted by Crippen LogP contribution is 2.04. The van der Waals surface area contributed by atoms with Crippen LogP contribution in [0.4, 0.5) is 4.79 Å². The monoisotopic (exact) mass is 271 g/mol. The molecule has 1 rings (SSSR count). The predicted molar refractivity (Wildman–Crippen MR) is 64.2 cm³/mol. The Morgan fingerprint density at radius 1 is 1.47 bits per heavy atom. The fraction of sp³-hybridized carbons (Fsp3) is 0.636. The van der Waals surface area contributed by atoms with Gasteiger partial charge >= 0.3 is 12.0 Å². The van der Waals surface area contributed by atoms with Crippen molar-refractivity contribution in [3.8, 4) is 0 Å². The van der Waals surface area contributed by atoms with Crippen molar-refractivity contribution in [2.24, 2.45) is 0 Å². The Bertz CT molecular complexity index is 396. The lowest BCUT2D eigenvalue weighted by molar-refractivity contribution is -0.139. The van der Waals surface area contributed by atoms with Crippen LogP contribution >= 0.6 is 0 Å². The molecule has 19 heavy (non-hydrogen) atoms. The van der Waals surface area contributed by atoms with Crippen molar-refractivity contribution >= 4 is 23.8 Å². The largest absolute Gasteiger partial charge is 0.480 e. The van der Waals surface area contributed by atoms with Crippen LogP contribution in [-0.4, -0.2) is 41.0 Å². The molecule has 0 radical (unpaired) electrons. The van der Waals surface area contributed by atoms with Crippen molar-refractivity contribution in [3.63, 3.8) is 0 Å². The summed E-state index contributed by atoms with van der Waals surface area (Å²) in [5.41, 5.74) is 0. The first-order chi connectivity index (χ1) is 8.93. The van der Waals surface area contributed by atoms with Gasteiger partial charge in [0.2, 0.25) is 11.8 Å². The molecule has 4 N–H and O–H groups in total. The standard InChI is InChI=1S/C11H17N3O5/c1-2-3-7(10(17)18)13-11(19)12-6-4-5-8(15)14-9(6)16/h6-7H,2-5H2,1H3,(H,17,18)(H2,12,13,19)(H,14,15,16). The van der Waals surface area contributed by atoms with Gasteiger partial charge in [0.15, 0.2) is 0 Å².